The van der Waals surface area contributed by atoms with Crippen molar-refractivity contribution in [2.75, 3.05) is 0 Å². The van der Waals surface area contributed by atoms with Crippen LogP contribution < -0.4 is 5.56 Å². The van der Waals surface area contributed by atoms with Crippen molar-refractivity contribution in [1.29, 1.82) is 5.26 Å². The minimum atomic E-state index is -0.350. The number of nitrogens with zero attached hydrogens (tertiary/aromatic N) is 2. The van der Waals surface area contributed by atoms with Crippen molar-refractivity contribution >= 4 is 22.7 Å². The van der Waals surface area contributed by atoms with E-state index >= 15 is 0 Å². The van der Waals surface area contributed by atoms with Crippen molar-refractivity contribution in [1.82, 2.24) is 4.98 Å². The Balaban J connectivity index is 1.82. The summed E-state index contributed by atoms with van der Waals surface area (Å²) in [6.45, 7) is 2.03. The Morgan fingerprint density at radius 2 is 1.83 bits per heavy atom. The minimum Gasteiger partial charge on any atom is -0.494 e. The first-order valence-corrected chi connectivity index (χ1v) is 9.52. The van der Waals surface area contributed by atoms with Gasteiger partial charge in [0.05, 0.1) is 23.7 Å². The Labute approximate surface area is 173 Å². The fourth-order valence-electron chi connectivity index (χ4n) is 3.46. The number of aromatic nitrogens is 1. The summed E-state index contributed by atoms with van der Waals surface area (Å²) in [4.78, 5) is 19.3. The fraction of sp³-hybridized carbons (Fsp3) is 0.0800. The second-order valence-corrected chi connectivity index (χ2v) is 7.05. The van der Waals surface area contributed by atoms with Crippen molar-refractivity contribution in [2.24, 2.45) is 4.99 Å². The number of aromatic amines is 1. The van der Waals surface area contributed by atoms with E-state index in [-0.39, 0.29) is 11.4 Å². The Hall–Kier alpha value is -4.17. The third-order valence-electron chi connectivity index (χ3n) is 5.06. The van der Waals surface area contributed by atoms with Gasteiger partial charge < -0.3 is 5.11 Å². The molecule has 5 heteroatoms. The number of benzene rings is 3. The quantitative estimate of drug-likeness (QED) is 0.477. The summed E-state index contributed by atoms with van der Waals surface area (Å²) < 4.78 is 0. The fourth-order valence-corrected chi connectivity index (χ4v) is 3.46. The number of aromatic hydroxyl groups is 1. The zero-order valence-electron chi connectivity index (χ0n) is 16.4. The average Bonchev–Trinajstić information content (AvgIpc) is 2.75. The van der Waals surface area contributed by atoms with Crippen molar-refractivity contribution in [3.05, 3.63) is 93.8 Å². The molecule has 5 nitrogen and oxygen atoms in total. The van der Waals surface area contributed by atoms with Crippen LogP contribution in [0.5, 0.6) is 5.88 Å². The lowest BCUT2D eigenvalue weighted by Crippen LogP contribution is -2.08. The Morgan fingerprint density at radius 1 is 1.07 bits per heavy atom. The molecule has 0 fully saturated rings. The molecule has 0 radical (unpaired) electrons. The smallest absolute Gasteiger partial charge is 0.258 e. The lowest BCUT2D eigenvalue weighted by molar-refractivity contribution is 0.452. The van der Waals surface area contributed by atoms with Gasteiger partial charge in [0, 0.05) is 17.0 Å². The van der Waals surface area contributed by atoms with Gasteiger partial charge in [-0.1, -0.05) is 42.5 Å². The molecule has 0 bridgehead atoms. The van der Waals surface area contributed by atoms with Gasteiger partial charge >= 0.3 is 0 Å². The molecule has 4 aromatic rings. The third kappa shape index (κ3) is 3.71. The number of aliphatic imine (C=N–C) groups is 1. The molecule has 2 N–H and O–H groups in total. The second kappa shape index (κ2) is 8.06. The van der Waals surface area contributed by atoms with E-state index in [0.29, 0.717) is 28.4 Å². The van der Waals surface area contributed by atoms with Crippen LogP contribution in [0.25, 0.3) is 21.9 Å². The third-order valence-corrected chi connectivity index (χ3v) is 5.06. The summed E-state index contributed by atoms with van der Waals surface area (Å²) in [5.74, 6) is -0.223. The van der Waals surface area contributed by atoms with E-state index in [1.54, 1.807) is 12.3 Å². The van der Waals surface area contributed by atoms with Crippen LogP contribution in [0.15, 0.2) is 76.5 Å². The molecule has 0 saturated carbocycles. The van der Waals surface area contributed by atoms with E-state index in [1.165, 1.54) is 0 Å². The Morgan fingerprint density at radius 3 is 2.57 bits per heavy atom. The largest absolute Gasteiger partial charge is 0.494 e. The van der Waals surface area contributed by atoms with Crippen LogP contribution in [-0.2, 0) is 6.42 Å². The van der Waals surface area contributed by atoms with Gasteiger partial charge in [-0.2, -0.15) is 5.26 Å². The number of nitriles is 1. The van der Waals surface area contributed by atoms with Crippen LogP contribution >= 0.6 is 0 Å². The molecule has 0 unspecified atom stereocenters. The van der Waals surface area contributed by atoms with E-state index in [9.17, 15) is 9.90 Å². The van der Waals surface area contributed by atoms with Crippen LogP contribution in [0.2, 0.25) is 0 Å². The zero-order valence-corrected chi connectivity index (χ0v) is 16.4. The minimum absolute atomic E-state index is 0.223. The summed E-state index contributed by atoms with van der Waals surface area (Å²) in [7, 11) is 0. The lowest BCUT2D eigenvalue weighted by atomic mass is 9.97. The maximum atomic E-state index is 12.4. The van der Waals surface area contributed by atoms with Crippen LogP contribution in [0.1, 0.15) is 16.7 Å². The highest BCUT2D eigenvalue weighted by Gasteiger charge is 2.11. The first-order chi connectivity index (χ1) is 14.6. The number of hydrogen-bond acceptors (Lipinski definition) is 4. The maximum absolute atomic E-state index is 12.4. The van der Waals surface area contributed by atoms with Crippen molar-refractivity contribution in [3.63, 3.8) is 0 Å². The average molecular weight is 393 g/mol. The molecule has 0 amide bonds. The van der Waals surface area contributed by atoms with E-state index in [0.717, 1.165) is 22.3 Å². The molecule has 0 spiro atoms. The van der Waals surface area contributed by atoms with Crippen molar-refractivity contribution < 1.29 is 5.11 Å². The maximum Gasteiger partial charge on any atom is 0.258 e. The van der Waals surface area contributed by atoms with Crippen LogP contribution in [0, 0.1) is 18.3 Å². The van der Waals surface area contributed by atoms with Crippen LogP contribution in [-0.4, -0.2) is 16.3 Å². The van der Waals surface area contributed by atoms with Gasteiger partial charge in [-0.15, -0.1) is 0 Å². The van der Waals surface area contributed by atoms with E-state index in [4.69, 9.17) is 5.26 Å². The molecule has 0 aliphatic rings. The van der Waals surface area contributed by atoms with Gasteiger partial charge in [0.15, 0.2) is 0 Å². The lowest BCUT2D eigenvalue weighted by Gasteiger charge is -2.09. The predicted octanol–water partition coefficient (Wildman–Crippen LogP) is 5.03. The molecule has 30 heavy (non-hydrogen) atoms. The second-order valence-electron chi connectivity index (χ2n) is 7.05. The van der Waals surface area contributed by atoms with E-state index < -0.39 is 0 Å². The first kappa shape index (κ1) is 19.2. The van der Waals surface area contributed by atoms with Gasteiger partial charge in [0.2, 0.25) is 5.88 Å². The van der Waals surface area contributed by atoms with Gasteiger partial charge in [-0.3, -0.25) is 14.8 Å². The highest BCUT2D eigenvalue weighted by Crippen LogP contribution is 2.29. The Bertz CT molecular complexity index is 1360. The van der Waals surface area contributed by atoms with E-state index in [2.05, 4.69) is 16.0 Å². The first-order valence-electron chi connectivity index (χ1n) is 9.52. The number of hydrogen-bond donors (Lipinski definition) is 2. The molecular formula is C25H19N3O2. The molecule has 0 aliphatic carbocycles. The number of pyridine rings is 1. The number of nitrogens with one attached hydrogen (secondary N) is 1. The van der Waals surface area contributed by atoms with Gasteiger partial charge in [-0.25, -0.2) is 0 Å². The molecule has 146 valence electrons. The summed E-state index contributed by atoms with van der Waals surface area (Å²) in [5, 5.41) is 20.3. The van der Waals surface area contributed by atoms with Crippen molar-refractivity contribution in [2.45, 2.75) is 13.3 Å². The molecule has 0 atom stereocenters. The normalized spacial score (nSPS) is 11.1. The number of fused-ring (bicyclic) bond motifs is 1. The van der Waals surface area contributed by atoms with Crippen LogP contribution in [0.4, 0.5) is 5.69 Å². The summed E-state index contributed by atoms with van der Waals surface area (Å²) in [6, 6.07) is 23.0. The van der Waals surface area contributed by atoms with Gasteiger partial charge in [0.25, 0.3) is 5.56 Å². The molecule has 1 aromatic heterocycles. The molecule has 4 rings (SSSR count). The topological polar surface area (TPSA) is 89.2 Å². The Kier molecular flexibility index (Phi) is 5.15. The summed E-state index contributed by atoms with van der Waals surface area (Å²) >= 11 is 0. The molecule has 0 aliphatic heterocycles. The summed E-state index contributed by atoms with van der Waals surface area (Å²) in [5.41, 5.74) is 4.84. The molecule has 0 saturated heterocycles. The zero-order chi connectivity index (χ0) is 21.1. The predicted molar refractivity (Wildman–Crippen MR) is 119 cm³/mol. The van der Waals surface area contributed by atoms with E-state index in [1.807, 2.05) is 67.6 Å². The SMILES string of the molecule is Cc1ccccc1-c1ccc2c(=O)[nH]c(O)c(C=Nc3ccc(CC#N)cc3)c2c1. The highest BCUT2D eigenvalue weighted by atomic mass is 16.3. The monoisotopic (exact) mass is 393 g/mol. The molecular weight excluding hydrogens is 374 g/mol. The molecule has 1 heterocycles. The number of rotatable bonds is 4. The van der Waals surface area contributed by atoms with Crippen molar-refractivity contribution in [3.8, 4) is 23.1 Å². The molecule has 3 aromatic carbocycles. The van der Waals surface area contributed by atoms with Gasteiger partial charge in [0.1, 0.15) is 0 Å². The summed E-state index contributed by atoms with van der Waals surface area (Å²) in [6.07, 6.45) is 1.89. The van der Waals surface area contributed by atoms with Crippen LogP contribution in [0.3, 0.4) is 0 Å². The van der Waals surface area contributed by atoms with Gasteiger partial charge in [-0.05, 0) is 53.4 Å². The highest BCUT2D eigenvalue weighted by molar-refractivity contribution is 6.03. The number of aryl methyl sites for hydroxylation is 1. The standard InChI is InChI=1S/C25H19N3O2/c1-16-4-2-3-5-20(16)18-8-11-21-22(14-18)23(25(30)28-24(21)29)15-27-19-9-6-17(7-10-19)12-13-26/h2-11,14-15H,12H2,1H3,(H2,28,29,30). The number of H-pyrrole nitrogens is 1.